The molecule has 0 saturated carbocycles. The lowest BCUT2D eigenvalue weighted by Gasteiger charge is -2.32. The summed E-state index contributed by atoms with van der Waals surface area (Å²) in [6.07, 6.45) is -8.03. The minimum Gasteiger partial charge on any atom is -0.385 e. The number of fused-ring (bicyclic) bond motifs is 1. The number of benzene rings is 2. The number of halogens is 7. The van der Waals surface area contributed by atoms with Crippen molar-refractivity contribution in [3.8, 4) is 0 Å². The van der Waals surface area contributed by atoms with Crippen molar-refractivity contribution in [2.75, 3.05) is 16.8 Å². The maximum absolute atomic E-state index is 13.5. The van der Waals surface area contributed by atoms with E-state index in [1.165, 1.54) is 30.9 Å². The fourth-order valence-corrected chi connectivity index (χ4v) is 4.53. The van der Waals surface area contributed by atoms with Crippen LogP contribution in [0.25, 0.3) is 0 Å². The Morgan fingerprint density at radius 3 is 2.46 bits per heavy atom. The molecule has 1 N–H and O–H groups in total. The molecule has 4 rings (SSSR count). The number of tetrazole rings is 1. The fourth-order valence-electron chi connectivity index (χ4n) is 4.27. The summed E-state index contributed by atoms with van der Waals surface area (Å²) in [4.78, 5) is 2.85. The van der Waals surface area contributed by atoms with Crippen molar-refractivity contribution >= 4 is 23.2 Å². The minimum atomic E-state index is -4.60. The third kappa shape index (κ3) is 5.47. The van der Waals surface area contributed by atoms with Gasteiger partial charge in [0, 0.05) is 23.8 Å². The molecule has 13 heteroatoms. The minimum absolute atomic E-state index is 0.0409. The first-order chi connectivity index (χ1) is 16.3. The summed E-state index contributed by atoms with van der Waals surface area (Å²) in [5.74, 6) is 0.136. The van der Waals surface area contributed by atoms with Crippen LogP contribution in [0.15, 0.2) is 30.3 Å². The molecule has 1 aromatic heterocycles. The molecule has 0 bridgehead atoms. The van der Waals surface area contributed by atoms with Crippen molar-refractivity contribution in [2.45, 2.75) is 44.7 Å². The molecule has 0 radical (unpaired) electrons. The maximum Gasteiger partial charge on any atom is 0.416 e. The van der Waals surface area contributed by atoms with E-state index in [-0.39, 0.29) is 28.6 Å². The summed E-state index contributed by atoms with van der Waals surface area (Å²) in [6, 6.07) is 5.24. The standard InChI is InChI=1S/C22H21ClF6N6/c1-12-6-16-18(10-17(12)22(27,28)29)30-5-3-4-19(16)35(20-31-33-34(2)32-20)11-13-7-14(21(24,25)26)9-15(23)8-13/h6-10,19,30H,3-5,11H2,1-2H3. The van der Waals surface area contributed by atoms with Crippen LogP contribution >= 0.6 is 11.6 Å². The van der Waals surface area contributed by atoms with Gasteiger partial charge in [-0.05, 0) is 65.9 Å². The van der Waals surface area contributed by atoms with Crippen LogP contribution in [0, 0.1) is 6.92 Å². The Morgan fingerprint density at radius 2 is 1.83 bits per heavy atom. The summed E-state index contributed by atoms with van der Waals surface area (Å²) in [5, 5.41) is 15.1. The highest BCUT2D eigenvalue weighted by Crippen LogP contribution is 2.42. The van der Waals surface area contributed by atoms with Crippen molar-refractivity contribution in [3.63, 3.8) is 0 Å². The Hall–Kier alpha value is -3.02. The van der Waals surface area contributed by atoms with Gasteiger partial charge in [-0.25, -0.2) is 0 Å². The van der Waals surface area contributed by atoms with E-state index in [1.807, 2.05) is 0 Å². The molecule has 0 spiro atoms. The number of aromatic nitrogens is 4. The van der Waals surface area contributed by atoms with E-state index in [2.05, 4.69) is 20.7 Å². The predicted molar refractivity (Wildman–Crippen MR) is 118 cm³/mol. The number of nitrogens with one attached hydrogen (secondary N) is 1. The van der Waals surface area contributed by atoms with E-state index >= 15 is 0 Å². The second kappa shape index (κ2) is 9.21. The molecule has 1 aliphatic rings. The molecule has 0 aliphatic carbocycles. The summed E-state index contributed by atoms with van der Waals surface area (Å²) in [6.45, 7) is 1.74. The first-order valence-corrected chi connectivity index (χ1v) is 11.0. The van der Waals surface area contributed by atoms with Gasteiger partial charge in [0.05, 0.1) is 24.2 Å². The van der Waals surface area contributed by atoms with E-state index in [0.717, 1.165) is 18.2 Å². The van der Waals surface area contributed by atoms with Crippen LogP contribution in [-0.2, 0) is 25.9 Å². The molecular formula is C22H21ClF6N6. The zero-order valence-electron chi connectivity index (χ0n) is 18.7. The molecule has 1 aliphatic heterocycles. The first kappa shape index (κ1) is 25.1. The van der Waals surface area contributed by atoms with E-state index in [1.54, 1.807) is 4.90 Å². The van der Waals surface area contributed by atoms with Gasteiger partial charge >= 0.3 is 12.4 Å². The molecule has 1 unspecified atom stereocenters. The molecule has 6 nitrogen and oxygen atoms in total. The highest BCUT2D eigenvalue weighted by molar-refractivity contribution is 6.30. The van der Waals surface area contributed by atoms with Crippen molar-refractivity contribution in [3.05, 3.63) is 63.2 Å². The Bertz CT molecular complexity index is 1220. The van der Waals surface area contributed by atoms with Gasteiger partial charge in [-0.1, -0.05) is 22.8 Å². The van der Waals surface area contributed by atoms with Crippen LogP contribution in [0.4, 0.5) is 38.0 Å². The topological polar surface area (TPSA) is 58.9 Å². The molecule has 2 aromatic carbocycles. The lowest BCUT2D eigenvalue weighted by atomic mass is 9.95. The largest absolute Gasteiger partial charge is 0.416 e. The second-order valence-corrected chi connectivity index (χ2v) is 8.83. The predicted octanol–water partition coefficient (Wildman–Crippen LogP) is 6.16. The first-order valence-electron chi connectivity index (χ1n) is 10.7. The van der Waals surface area contributed by atoms with Crippen LogP contribution in [0.5, 0.6) is 0 Å². The van der Waals surface area contributed by atoms with Gasteiger partial charge in [0.25, 0.3) is 5.95 Å². The zero-order chi connectivity index (χ0) is 25.5. The fraction of sp³-hybridized carbons (Fsp3) is 0.409. The summed E-state index contributed by atoms with van der Waals surface area (Å²) in [5.41, 5.74) is -0.488. The molecule has 0 amide bonds. The molecule has 2 heterocycles. The summed E-state index contributed by atoms with van der Waals surface area (Å²) < 4.78 is 80.7. The SMILES string of the molecule is Cc1cc2c(cc1C(F)(F)F)NCCCC2N(Cc1cc(Cl)cc(C(F)(F)F)c1)c1nnn(C)n1. The van der Waals surface area contributed by atoms with Crippen molar-refractivity contribution in [1.82, 2.24) is 20.2 Å². The van der Waals surface area contributed by atoms with Crippen LogP contribution in [0.2, 0.25) is 5.02 Å². The van der Waals surface area contributed by atoms with E-state index in [9.17, 15) is 26.3 Å². The quantitative estimate of drug-likeness (QED) is 0.419. The molecule has 188 valence electrons. The number of aryl methyl sites for hydroxylation is 2. The van der Waals surface area contributed by atoms with Crippen LogP contribution < -0.4 is 10.2 Å². The lowest BCUT2D eigenvalue weighted by molar-refractivity contribution is -0.138. The summed E-state index contributed by atoms with van der Waals surface area (Å²) >= 11 is 5.98. The van der Waals surface area contributed by atoms with Gasteiger partial charge in [-0.2, -0.15) is 31.1 Å². The average Bonchev–Trinajstić information content (AvgIpc) is 3.06. The third-order valence-corrected chi connectivity index (χ3v) is 6.02. The molecular weight excluding hydrogens is 498 g/mol. The Morgan fingerprint density at radius 1 is 1.09 bits per heavy atom. The molecule has 3 aromatic rings. The number of anilines is 2. The van der Waals surface area contributed by atoms with Gasteiger partial charge in [0.2, 0.25) is 0 Å². The van der Waals surface area contributed by atoms with Crippen molar-refractivity contribution in [1.29, 1.82) is 0 Å². The van der Waals surface area contributed by atoms with Crippen LogP contribution in [0.3, 0.4) is 0 Å². The van der Waals surface area contributed by atoms with Crippen molar-refractivity contribution in [2.24, 2.45) is 7.05 Å². The smallest absolute Gasteiger partial charge is 0.385 e. The third-order valence-electron chi connectivity index (χ3n) is 5.80. The number of hydrogen-bond acceptors (Lipinski definition) is 5. The normalized spacial score (nSPS) is 16.4. The highest BCUT2D eigenvalue weighted by Gasteiger charge is 2.36. The lowest BCUT2D eigenvalue weighted by Crippen LogP contribution is -2.30. The van der Waals surface area contributed by atoms with Crippen LogP contribution in [0.1, 0.15) is 46.7 Å². The van der Waals surface area contributed by atoms with E-state index < -0.39 is 29.5 Å². The molecule has 35 heavy (non-hydrogen) atoms. The van der Waals surface area contributed by atoms with Gasteiger partial charge < -0.3 is 10.2 Å². The second-order valence-electron chi connectivity index (χ2n) is 8.39. The number of rotatable bonds is 4. The number of alkyl halides is 6. The summed E-state index contributed by atoms with van der Waals surface area (Å²) in [7, 11) is 1.54. The number of hydrogen-bond donors (Lipinski definition) is 1. The van der Waals surface area contributed by atoms with Gasteiger partial charge in [-0.3, -0.25) is 0 Å². The van der Waals surface area contributed by atoms with E-state index in [4.69, 9.17) is 11.6 Å². The average molecular weight is 519 g/mol. The monoisotopic (exact) mass is 518 g/mol. The van der Waals surface area contributed by atoms with Crippen LogP contribution in [-0.4, -0.2) is 26.8 Å². The maximum atomic E-state index is 13.5. The van der Waals surface area contributed by atoms with Gasteiger partial charge in [-0.15, -0.1) is 5.10 Å². The molecule has 0 saturated heterocycles. The molecule has 1 atom stereocenters. The van der Waals surface area contributed by atoms with Crippen molar-refractivity contribution < 1.29 is 26.3 Å². The van der Waals surface area contributed by atoms with Gasteiger partial charge in [0.1, 0.15) is 0 Å². The van der Waals surface area contributed by atoms with Gasteiger partial charge in [0.15, 0.2) is 0 Å². The Labute approximate surface area is 201 Å². The Balaban J connectivity index is 1.82. The highest BCUT2D eigenvalue weighted by atomic mass is 35.5. The number of nitrogens with zero attached hydrogens (tertiary/aromatic N) is 5. The van der Waals surface area contributed by atoms with E-state index in [0.29, 0.717) is 30.6 Å². The molecule has 0 fully saturated rings. The Kier molecular flexibility index (Phi) is 6.60. The zero-order valence-corrected chi connectivity index (χ0v) is 19.4.